The fraction of sp³-hybridized carbons (Fsp3) is 0.455. The van der Waals surface area contributed by atoms with Gasteiger partial charge in [0.05, 0.1) is 11.2 Å². The molecule has 1 aliphatic heterocycles. The molecule has 1 aromatic rings. The molecule has 1 saturated heterocycles. The van der Waals surface area contributed by atoms with Crippen molar-refractivity contribution in [1.82, 2.24) is 8.61 Å². The summed E-state index contributed by atoms with van der Waals surface area (Å²) < 4.78 is 50.1. The van der Waals surface area contributed by atoms with Gasteiger partial charge in [0.25, 0.3) is 0 Å². The molecule has 0 spiro atoms. The summed E-state index contributed by atoms with van der Waals surface area (Å²) in [6.45, 7) is 0.612. The zero-order valence-electron chi connectivity index (χ0n) is 10.9. The van der Waals surface area contributed by atoms with Gasteiger partial charge in [-0.15, -0.1) is 0 Å². The van der Waals surface area contributed by atoms with Crippen LogP contribution in [0.15, 0.2) is 29.2 Å². The first-order valence-electron chi connectivity index (χ1n) is 5.92. The van der Waals surface area contributed by atoms with Crippen LogP contribution in [-0.2, 0) is 20.0 Å². The summed E-state index contributed by atoms with van der Waals surface area (Å²) in [6.07, 6.45) is 1.12. The van der Waals surface area contributed by atoms with Crippen molar-refractivity contribution >= 4 is 31.6 Å². The van der Waals surface area contributed by atoms with Gasteiger partial charge in [-0.3, -0.25) is 0 Å². The van der Waals surface area contributed by atoms with Gasteiger partial charge in [0, 0.05) is 31.2 Å². The van der Waals surface area contributed by atoms with Crippen LogP contribution in [0.25, 0.3) is 0 Å². The van der Waals surface area contributed by atoms with Crippen molar-refractivity contribution in [1.29, 1.82) is 0 Å². The van der Waals surface area contributed by atoms with Crippen molar-refractivity contribution in [3.8, 4) is 0 Å². The van der Waals surface area contributed by atoms with E-state index < -0.39 is 20.0 Å². The molecule has 6 nitrogen and oxygen atoms in total. The predicted octanol–water partition coefficient (Wildman–Crippen LogP) is 0.606. The van der Waals surface area contributed by atoms with Crippen LogP contribution >= 0.6 is 11.6 Å². The quantitative estimate of drug-likeness (QED) is 0.809. The lowest BCUT2D eigenvalue weighted by atomic mass is 10.4. The van der Waals surface area contributed by atoms with Crippen molar-refractivity contribution < 1.29 is 16.8 Å². The van der Waals surface area contributed by atoms with Crippen LogP contribution in [0.2, 0.25) is 5.02 Å². The molecule has 2 rings (SSSR count). The summed E-state index contributed by atoms with van der Waals surface area (Å²) in [5.41, 5.74) is 0. The van der Waals surface area contributed by atoms with E-state index in [0.29, 0.717) is 5.02 Å². The highest BCUT2D eigenvalue weighted by molar-refractivity contribution is 7.89. The molecule has 1 aliphatic rings. The van der Waals surface area contributed by atoms with E-state index in [1.165, 1.54) is 20.7 Å². The van der Waals surface area contributed by atoms with E-state index in [0.717, 1.165) is 6.26 Å². The molecule has 1 fully saturated rings. The molecule has 0 unspecified atom stereocenters. The topological polar surface area (TPSA) is 74.8 Å². The monoisotopic (exact) mass is 338 g/mol. The summed E-state index contributed by atoms with van der Waals surface area (Å²) in [7, 11) is -6.90. The van der Waals surface area contributed by atoms with E-state index >= 15 is 0 Å². The summed E-state index contributed by atoms with van der Waals surface area (Å²) in [5.74, 6) is 0. The second-order valence-electron chi connectivity index (χ2n) is 4.52. The van der Waals surface area contributed by atoms with Gasteiger partial charge in [0.2, 0.25) is 20.0 Å². The van der Waals surface area contributed by atoms with Gasteiger partial charge in [0.1, 0.15) is 0 Å². The average Bonchev–Trinajstić information content (AvgIpc) is 2.38. The van der Waals surface area contributed by atoms with E-state index in [1.54, 1.807) is 12.1 Å². The average molecular weight is 339 g/mol. The van der Waals surface area contributed by atoms with Crippen LogP contribution < -0.4 is 0 Å². The largest absolute Gasteiger partial charge is 0.243 e. The minimum atomic E-state index is -3.63. The standard InChI is InChI=1S/C11H15ClN2O4S2/c1-19(15,16)13-5-7-14(8-6-13)20(17,18)11-4-2-3-10(12)9-11/h2-4,9H,5-8H2,1H3. The first-order valence-corrected chi connectivity index (χ1v) is 9.59. The highest BCUT2D eigenvalue weighted by Gasteiger charge is 2.31. The van der Waals surface area contributed by atoms with Crippen LogP contribution in [0.4, 0.5) is 0 Å². The molecule has 0 radical (unpaired) electrons. The molecule has 20 heavy (non-hydrogen) atoms. The van der Waals surface area contributed by atoms with Gasteiger partial charge in [-0.2, -0.15) is 8.61 Å². The molecule has 0 aliphatic carbocycles. The van der Waals surface area contributed by atoms with Crippen LogP contribution in [0.3, 0.4) is 0 Å². The third-order valence-electron chi connectivity index (χ3n) is 3.10. The number of halogens is 1. The summed E-state index contributed by atoms with van der Waals surface area (Å²) in [5, 5.41) is 0.348. The van der Waals surface area contributed by atoms with E-state index in [4.69, 9.17) is 11.6 Å². The van der Waals surface area contributed by atoms with Gasteiger partial charge in [0.15, 0.2) is 0 Å². The molecule has 0 atom stereocenters. The van der Waals surface area contributed by atoms with Gasteiger partial charge >= 0.3 is 0 Å². The summed E-state index contributed by atoms with van der Waals surface area (Å²) >= 11 is 5.80. The Bertz CT molecular complexity index is 695. The zero-order chi connectivity index (χ0) is 15.0. The molecular weight excluding hydrogens is 324 g/mol. The molecular formula is C11H15ClN2O4S2. The Kier molecular flexibility index (Phi) is 4.41. The smallest absolute Gasteiger partial charge is 0.213 e. The van der Waals surface area contributed by atoms with Gasteiger partial charge < -0.3 is 0 Å². The first-order chi connectivity index (χ1) is 9.21. The Hall–Kier alpha value is -0.670. The van der Waals surface area contributed by atoms with Crippen LogP contribution in [-0.4, -0.2) is 57.9 Å². The lowest BCUT2D eigenvalue weighted by molar-refractivity contribution is 0.274. The maximum absolute atomic E-state index is 12.4. The molecule has 112 valence electrons. The van der Waals surface area contributed by atoms with Gasteiger partial charge in [-0.1, -0.05) is 17.7 Å². The van der Waals surface area contributed by atoms with Gasteiger partial charge in [-0.05, 0) is 18.2 Å². The Morgan fingerprint density at radius 3 is 2.05 bits per heavy atom. The second kappa shape index (κ2) is 5.61. The SMILES string of the molecule is CS(=O)(=O)N1CCN(S(=O)(=O)c2cccc(Cl)c2)CC1. The number of rotatable bonds is 3. The maximum Gasteiger partial charge on any atom is 0.243 e. The summed E-state index contributed by atoms with van der Waals surface area (Å²) in [6, 6.07) is 6.04. The minimum absolute atomic E-state index is 0.123. The summed E-state index contributed by atoms with van der Waals surface area (Å²) in [4.78, 5) is 0.123. The molecule has 9 heteroatoms. The van der Waals surface area contributed by atoms with Crippen LogP contribution in [0.1, 0.15) is 0 Å². The number of nitrogens with zero attached hydrogens (tertiary/aromatic N) is 2. The minimum Gasteiger partial charge on any atom is -0.213 e. The van der Waals surface area contributed by atoms with Crippen molar-refractivity contribution in [3.05, 3.63) is 29.3 Å². The molecule has 0 aromatic heterocycles. The second-order valence-corrected chi connectivity index (χ2v) is 8.88. The molecule has 0 N–H and O–H groups in total. The van der Waals surface area contributed by atoms with Gasteiger partial charge in [-0.25, -0.2) is 16.8 Å². The Morgan fingerprint density at radius 1 is 1.00 bits per heavy atom. The zero-order valence-corrected chi connectivity index (χ0v) is 13.2. The Labute approximate surface area is 124 Å². The third kappa shape index (κ3) is 3.32. The maximum atomic E-state index is 12.4. The molecule has 0 saturated carbocycles. The fourth-order valence-corrected chi connectivity index (χ4v) is 4.57. The number of piperazine rings is 1. The van der Waals surface area contributed by atoms with Crippen LogP contribution in [0, 0.1) is 0 Å². The molecule has 1 aromatic carbocycles. The fourth-order valence-electron chi connectivity index (χ4n) is 2.02. The predicted molar refractivity (Wildman–Crippen MR) is 76.6 cm³/mol. The van der Waals surface area contributed by atoms with E-state index in [1.807, 2.05) is 0 Å². The van der Waals surface area contributed by atoms with E-state index in [2.05, 4.69) is 0 Å². The Morgan fingerprint density at radius 2 is 1.55 bits per heavy atom. The number of hydrogen-bond acceptors (Lipinski definition) is 4. The molecule has 0 bridgehead atoms. The van der Waals surface area contributed by atoms with Crippen molar-refractivity contribution in [2.75, 3.05) is 32.4 Å². The lowest BCUT2D eigenvalue weighted by Gasteiger charge is -2.32. The number of hydrogen-bond donors (Lipinski definition) is 0. The number of sulfonamides is 2. The Balaban J connectivity index is 2.18. The van der Waals surface area contributed by atoms with Crippen molar-refractivity contribution in [2.45, 2.75) is 4.90 Å². The first kappa shape index (κ1) is 15.7. The normalized spacial score (nSPS) is 19.1. The highest BCUT2D eigenvalue weighted by Crippen LogP contribution is 2.21. The lowest BCUT2D eigenvalue weighted by Crippen LogP contribution is -2.50. The number of benzene rings is 1. The van der Waals surface area contributed by atoms with Crippen molar-refractivity contribution in [2.24, 2.45) is 0 Å². The third-order valence-corrected chi connectivity index (χ3v) is 6.53. The van der Waals surface area contributed by atoms with E-state index in [-0.39, 0.29) is 31.1 Å². The molecule has 1 heterocycles. The molecule has 0 amide bonds. The van der Waals surface area contributed by atoms with Crippen LogP contribution in [0.5, 0.6) is 0 Å². The van der Waals surface area contributed by atoms with Crippen molar-refractivity contribution in [3.63, 3.8) is 0 Å². The van der Waals surface area contributed by atoms with E-state index in [9.17, 15) is 16.8 Å². The highest BCUT2D eigenvalue weighted by atomic mass is 35.5.